The van der Waals surface area contributed by atoms with Crippen LogP contribution >= 0.6 is 31.9 Å². The Morgan fingerprint density at radius 1 is 1.50 bits per heavy atom. The number of para-hydroxylation sites is 1. The standard InChI is InChI=1S/C14H14Br2N2O2/c1-14(8-17,9-5-6-9)18-12(19)7-20-13-10(15)3-2-4-11(13)16/h2-4,9H,5-7H2,1H3,(H,18,19). The molecule has 1 aromatic rings. The summed E-state index contributed by atoms with van der Waals surface area (Å²) in [6.45, 7) is 1.64. The van der Waals surface area contributed by atoms with E-state index in [0.717, 1.165) is 21.8 Å². The first-order valence-electron chi connectivity index (χ1n) is 6.25. The minimum Gasteiger partial charge on any atom is -0.481 e. The lowest BCUT2D eigenvalue weighted by molar-refractivity contribution is -0.124. The van der Waals surface area contributed by atoms with Crippen molar-refractivity contribution in [1.82, 2.24) is 5.32 Å². The first-order chi connectivity index (χ1) is 9.46. The van der Waals surface area contributed by atoms with E-state index >= 15 is 0 Å². The van der Waals surface area contributed by atoms with Crippen LogP contribution in [0.2, 0.25) is 0 Å². The number of amides is 1. The Morgan fingerprint density at radius 3 is 2.60 bits per heavy atom. The van der Waals surface area contributed by atoms with Crippen LogP contribution in [0.15, 0.2) is 27.1 Å². The van der Waals surface area contributed by atoms with Crippen LogP contribution < -0.4 is 10.1 Å². The highest BCUT2D eigenvalue weighted by atomic mass is 79.9. The van der Waals surface area contributed by atoms with Crippen molar-refractivity contribution in [3.63, 3.8) is 0 Å². The number of benzene rings is 1. The first kappa shape index (κ1) is 15.3. The molecule has 106 valence electrons. The number of halogens is 2. The van der Waals surface area contributed by atoms with Gasteiger partial charge in [0.25, 0.3) is 5.91 Å². The molecule has 0 heterocycles. The maximum Gasteiger partial charge on any atom is 0.259 e. The van der Waals surface area contributed by atoms with Gasteiger partial charge in [0.05, 0.1) is 15.0 Å². The molecule has 0 aliphatic heterocycles. The van der Waals surface area contributed by atoms with Gasteiger partial charge in [-0.2, -0.15) is 5.26 Å². The van der Waals surface area contributed by atoms with Crippen molar-refractivity contribution in [1.29, 1.82) is 5.26 Å². The number of rotatable bonds is 5. The van der Waals surface area contributed by atoms with Gasteiger partial charge in [-0.25, -0.2) is 0 Å². The molecular formula is C14H14Br2N2O2. The summed E-state index contributed by atoms with van der Waals surface area (Å²) >= 11 is 6.73. The van der Waals surface area contributed by atoms with Gasteiger partial charge in [-0.3, -0.25) is 4.79 Å². The molecule has 1 unspecified atom stereocenters. The van der Waals surface area contributed by atoms with Crippen LogP contribution in [0, 0.1) is 17.2 Å². The van der Waals surface area contributed by atoms with E-state index < -0.39 is 5.54 Å². The van der Waals surface area contributed by atoms with Crippen molar-refractivity contribution in [2.45, 2.75) is 25.3 Å². The number of ether oxygens (including phenoxy) is 1. The summed E-state index contributed by atoms with van der Waals surface area (Å²) in [5, 5.41) is 12.0. The van der Waals surface area contributed by atoms with Crippen LogP contribution in [0.1, 0.15) is 19.8 Å². The van der Waals surface area contributed by atoms with E-state index in [0.29, 0.717) is 5.75 Å². The zero-order valence-electron chi connectivity index (χ0n) is 11.0. The van der Waals surface area contributed by atoms with E-state index in [1.165, 1.54) is 0 Å². The number of hydrogen-bond acceptors (Lipinski definition) is 3. The number of carbonyl (C=O) groups excluding carboxylic acids is 1. The second kappa shape index (κ2) is 6.15. The lowest BCUT2D eigenvalue weighted by Gasteiger charge is -2.23. The molecule has 1 aromatic carbocycles. The molecule has 1 atom stereocenters. The summed E-state index contributed by atoms with van der Waals surface area (Å²) in [4.78, 5) is 11.9. The zero-order chi connectivity index (χ0) is 14.8. The smallest absolute Gasteiger partial charge is 0.259 e. The topological polar surface area (TPSA) is 62.1 Å². The average molecular weight is 402 g/mol. The van der Waals surface area contributed by atoms with Crippen molar-refractivity contribution in [2.75, 3.05) is 6.61 Å². The molecule has 1 amide bonds. The average Bonchev–Trinajstić information content (AvgIpc) is 3.22. The van der Waals surface area contributed by atoms with E-state index in [4.69, 9.17) is 4.74 Å². The lowest BCUT2D eigenvalue weighted by Crippen LogP contribution is -2.48. The molecule has 1 aliphatic rings. The monoisotopic (exact) mass is 400 g/mol. The lowest BCUT2D eigenvalue weighted by atomic mass is 9.98. The maximum absolute atomic E-state index is 11.9. The number of nitriles is 1. The number of nitrogens with one attached hydrogen (secondary N) is 1. The fourth-order valence-corrected chi connectivity index (χ4v) is 3.19. The van der Waals surface area contributed by atoms with Crippen LogP contribution in [0.4, 0.5) is 0 Å². The molecule has 1 N–H and O–H groups in total. The van der Waals surface area contributed by atoms with E-state index in [9.17, 15) is 10.1 Å². The molecule has 1 fully saturated rings. The Balaban J connectivity index is 1.94. The van der Waals surface area contributed by atoms with Crippen LogP contribution in [0.3, 0.4) is 0 Å². The van der Waals surface area contributed by atoms with Crippen LogP contribution in [-0.2, 0) is 4.79 Å². The minimum absolute atomic E-state index is 0.120. The molecule has 20 heavy (non-hydrogen) atoms. The molecule has 4 nitrogen and oxygen atoms in total. The highest BCUT2D eigenvalue weighted by molar-refractivity contribution is 9.11. The molecule has 0 bridgehead atoms. The first-order valence-corrected chi connectivity index (χ1v) is 7.84. The Labute approximate surface area is 134 Å². The molecule has 2 rings (SSSR count). The Morgan fingerprint density at radius 2 is 2.10 bits per heavy atom. The van der Waals surface area contributed by atoms with Gasteiger partial charge in [-0.05, 0) is 69.7 Å². The Hall–Kier alpha value is -1.06. The summed E-state index contributed by atoms with van der Waals surface area (Å²) < 4.78 is 7.04. The van der Waals surface area contributed by atoms with Crippen LogP contribution in [0.5, 0.6) is 5.75 Å². The molecule has 0 radical (unpaired) electrons. The Bertz CT molecular complexity index is 547. The SMILES string of the molecule is CC(C#N)(NC(=O)COc1c(Br)cccc1Br)C1CC1. The predicted octanol–water partition coefficient (Wildman–Crippen LogP) is 3.40. The second-order valence-electron chi connectivity index (χ2n) is 4.98. The molecule has 0 saturated heterocycles. The molecule has 1 saturated carbocycles. The van der Waals surface area contributed by atoms with Gasteiger partial charge in [-0.1, -0.05) is 6.07 Å². The Kier molecular flexibility index (Phi) is 4.71. The molecule has 1 aliphatic carbocycles. The minimum atomic E-state index is -0.786. The van der Waals surface area contributed by atoms with Gasteiger partial charge in [-0.15, -0.1) is 0 Å². The van der Waals surface area contributed by atoms with Gasteiger partial charge < -0.3 is 10.1 Å². The number of hydrogen-bond donors (Lipinski definition) is 1. The summed E-state index contributed by atoms with van der Waals surface area (Å²) in [6.07, 6.45) is 1.97. The van der Waals surface area contributed by atoms with Crippen LogP contribution in [0.25, 0.3) is 0 Å². The van der Waals surface area contributed by atoms with Gasteiger partial charge in [0, 0.05) is 0 Å². The zero-order valence-corrected chi connectivity index (χ0v) is 14.1. The van der Waals surface area contributed by atoms with Crippen molar-refractivity contribution >= 4 is 37.8 Å². The highest BCUT2D eigenvalue weighted by Gasteiger charge is 2.43. The van der Waals surface area contributed by atoms with E-state index in [-0.39, 0.29) is 18.4 Å². The third-order valence-corrected chi connectivity index (χ3v) is 4.54. The maximum atomic E-state index is 11.9. The number of nitrogens with zero attached hydrogens (tertiary/aromatic N) is 1. The van der Waals surface area contributed by atoms with Gasteiger partial charge in [0.1, 0.15) is 11.3 Å². The van der Waals surface area contributed by atoms with Crippen molar-refractivity contribution in [2.24, 2.45) is 5.92 Å². The van der Waals surface area contributed by atoms with Gasteiger partial charge in [0.2, 0.25) is 0 Å². The predicted molar refractivity (Wildman–Crippen MR) is 82.2 cm³/mol. The summed E-state index contributed by atoms with van der Waals surface area (Å²) in [5.41, 5.74) is -0.786. The second-order valence-corrected chi connectivity index (χ2v) is 6.68. The fourth-order valence-electron chi connectivity index (χ4n) is 1.97. The quantitative estimate of drug-likeness (QED) is 0.822. The van der Waals surface area contributed by atoms with Crippen LogP contribution in [-0.4, -0.2) is 18.1 Å². The molecular weight excluding hydrogens is 388 g/mol. The molecule has 0 aromatic heterocycles. The third-order valence-electron chi connectivity index (χ3n) is 3.29. The largest absolute Gasteiger partial charge is 0.481 e. The van der Waals surface area contributed by atoms with Crippen molar-refractivity contribution in [3.8, 4) is 11.8 Å². The van der Waals surface area contributed by atoms with Crippen molar-refractivity contribution < 1.29 is 9.53 Å². The third kappa shape index (κ3) is 3.53. The summed E-state index contributed by atoms with van der Waals surface area (Å²) in [5.74, 6) is 0.544. The summed E-state index contributed by atoms with van der Waals surface area (Å²) in [6, 6.07) is 7.72. The molecule has 6 heteroatoms. The van der Waals surface area contributed by atoms with E-state index in [1.54, 1.807) is 6.92 Å². The van der Waals surface area contributed by atoms with Gasteiger partial charge >= 0.3 is 0 Å². The molecule has 0 spiro atoms. The highest BCUT2D eigenvalue weighted by Crippen LogP contribution is 2.39. The van der Waals surface area contributed by atoms with Crippen molar-refractivity contribution in [3.05, 3.63) is 27.1 Å². The van der Waals surface area contributed by atoms with E-state index in [1.807, 2.05) is 18.2 Å². The fraction of sp³-hybridized carbons (Fsp3) is 0.429. The van der Waals surface area contributed by atoms with E-state index in [2.05, 4.69) is 43.2 Å². The normalized spacial score (nSPS) is 16.9. The number of carbonyl (C=O) groups is 1. The summed E-state index contributed by atoms with van der Waals surface area (Å²) in [7, 11) is 0. The van der Waals surface area contributed by atoms with Gasteiger partial charge in [0.15, 0.2) is 6.61 Å².